The Kier molecular flexibility index (Phi) is 6.67. The van der Waals surface area contributed by atoms with Crippen molar-refractivity contribution in [1.29, 1.82) is 5.26 Å². The molecule has 0 aliphatic carbocycles. The molecule has 146 valence electrons. The van der Waals surface area contributed by atoms with Gasteiger partial charge in [0.1, 0.15) is 17.4 Å². The van der Waals surface area contributed by atoms with E-state index in [1.807, 2.05) is 42.5 Å². The van der Waals surface area contributed by atoms with Crippen LogP contribution in [0.3, 0.4) is 0 Å². The first kappa shape index (κ1) is 20.2. The third-order valence-corrected chi connectivity index (χ3v) is 4.58. The van der Waals surface area contributed by atoms with Gasteiger partial charge in [0, 0.05) is 22.7 Å². The van der Waals surface area contributed by atoms with E-state index in [2.05, 4.69) is 15.5 Å². The second-order valence-corrected chi connectivity index (χ2v) is 6.67. The molecule has 2 N–H and O–H groups in total. The van der Waals surface area contributed by atoms with Crippen LogP contribution in [0.4, 0.5) is 0 Å². The SMILES string of the molecule is COc1ccc(CCNC(=O)C(C#N)=Cc2cn[nH]c2-c2ccc(Cl)cc2)cc1. The van der Waals surface area contributed by atoms with Gasteiger partial charge >= 0.3 is 0 Å². The molecule has 1 heterocycles. The van der Waals surface area contributed by atoms with Gasteiger partial charge in [-0.3, -0.25) is 9.89 Å². The van der Waals surface area contributed by atoms with Crippen LogP contribution in [0, 0.1) is 11.3 Å². The maximum Gasteiger partial charge on any atom is 0.261 e. The molecule has 3 rings (SSSR count). The number of nitrogens with zero attached hydrogens (tertiary/aromatic N) is 2. The van der Waals surface area contributed by atoms with Crippen molar-refractivity contribution in [2.75, 3.05) is 13.7 Å². The van der Waals surface area contributed by atoms with Crippen LogP contribution in [0.1, 0.15) is 11.1 Å². The molecule has 3 aromatic rings. The number of benzene rings is 2. The van der Waals surface area contributed by atoms with E-state index in [1.165, 1.54) is 6.08 Å². The molecule has 2 aromatic carbocycles. The summed E-state index contributed by atoms with van der Waals surface area (Å²) >= 11 is 5.93. The predicted molar refractivity (Wildman–Crippen MR) is 112 cm³/mol. The van der Waals surface area contributed by atoms with Gasteiger partial charge in [0.05, 0.1) is 19.0 Å². The average Bonchev–Trinajstić information content (AvgIpc) is 3.21. The number of aromatic nitrogens is 2. The highest BCUT2D eigenvalue weighted by atomic mass is 35.5. The molecule has 0 saturated carbocycles. The molecule has 1 aromatic heterocycles. The van der Waals surface area contributed by atoms with Crippen molar-refractivity contribution in [2.24, 2.45) is 0 Å². The van der Waals surface area contributed by atoms with Crippen molar-refractivity contribution in [3.8, 4) is 23.1 Å². The molecule has 0 aliphatic rings. The minimum Gasteiger partial charge on any atom is -0.497 e. The number of amides is 1. The number of ether oxygens (including phenoxy) is 1. The topological polar surface area (TPSA) is 90.8 Å². The summed E-state index contributed by atoms with van der Waals surface area (Å²) in [5, 5.41) is 19.8. The van der Waals surface area contributed by atoms with Crippen LogP contribution < -0.4 is 10.1 Å². The Morgan fingerprint density at radius 2 is 1.97 bits per heavy atom. The fraction of sp³-hybridized carbons (Fsp3) is 0.136. The van der Waals surface area contributed by atoms with Gasteiger partial charge in [-0.2, -0.15) is 10.4 Å². The van der Waals surface area contributed by atoms with Crippen LogP contribution in [0.15, 0.2) is 60.3 Å². The largest absolute Gasteiger partial charge is 0.497 e. The molecule has 7 heteroatoms. The number of halogens is 1. The second kappa shape index (κ2) is 9.58. The standard InChI is InChI=1S/C22H19ClN4O2/c1-29-20-8-2-15(3-9-20)10-11-25-22(28)17(13-24)12-18-14-26-27-21(18)16-4-6-19(23)7-5-16/h2-9,12,14H,10-11H2,1H3,(H,25,28)(H,26,27). The van der Waals surface area contributed by atoms with Gasteiger partial charge in [-0.25, -0.2) is 0 Å². The van der Waals surface area contributed by atoms with Crippen molar-refractivity contribution in [3.63, 3.8) is 0 Å². The van der Waals surface area contributed by atoms with Gasteiger partial charge in [-0.05, 0) is 42.3 Å². The number of rotatable bonds is 7. The lowest BCUT2D eigenvalue weighted by Crippen LogP contribution is -2.26. The van der Waals surface area contributed by atoms with Gasteiger partial charge in [0.2, 0.25) is 0 Å². The van der Waals surface area contributed by atoms with E-state index in [1.54, 1.807) is 25.4 Å². The third-order valence-electron chi connectivity index (χ3n) is 4.32. The second-order valence-electron chi connectivity index (χ2n) is 6.23. The number of methoxy groups -OCH3 is 1. The third kappa shape index (κ3) is 5.24. The molecule has 0 fully saturated rings. The molecule has 0 spiro atoms. The lowest BCUT2D eigenvalue weighted by molar-refractivity contribution is -0.117. The highest BCUT2D eigenvalue weighted by Gasteiger charge is 2.12. The number of nitriles is 1. The van der Waals surface area contributed by atoms with E-state index in [0.29, 0.717) is 29.2 Å². The van der Waals surface area contributed by atoms with Crippen molar-refractivity contribution in [1.82, 2.24) is 15.5 Å². The van der Waals surface area contributed by atoms with Crippen molar-refractivity contribution in [3.05, 3.63) is 76.5 Å². The Bertz CT molecular complexity index is 1050. The number of H-pyrrole nitrogens is 1. The minimum absolute atomic E-state index is 0.0105. The molecule has 0 aliphatic heterocycles. The highest BCUT2D eigenvalue weighted by molar-refractivity contribution is 6.30. The number of carbonyl (C=O) groups is 1. The summed E-state index contributed by atoms with van der Waals surface area (Å²) in [4.78, 5) is 12.4. The summed E-state index contributed by atoms with van der Waals surface area (Å²) in [5.74, 6) is 0.355. The fourth-order valence-electron chi connectivity index (χ4n) is 2.76. The molecular weight excluding hydrogens is 388 g/mol. The maximum absolute atomic E-state index is 12.4. The number of aromatic amines is 1. The molecule has 1 amide bonds. The molecule has 0 atom stereocenters. The van der Waals surface area contributed by atoms with Crippen LogP contribution in [-0.2, 0) is 11.2 Å². The summed E-state index contributed by atoms with van der Waals surface area (Å²) < 4.78 is 5.13. The lowest BCUT2D eigenvalue weighted by atomic mass is 10.1. The van der Waals surface area contributed by atoms with Crippen molar-refractivity contribution < 1.29 is 9.53 Å². The van der Waals surface area contributed by atoms with E-state index in [9.17, 15) is 10.1 Å². The molecule has 0 saturated heterocycles. The van der Waals surface area contributed by atoms with Crippen LogP contribution in [-0.4, -0.2) is 29.8 Å². The van der Waals surface area contributed by atoms with Gasteiger partial charge in [0.15, 0.2) is 0 Å². The first-order valence-electron chi connectivity index (χ1n) is 8.93. The molecule has 0 radical (unpaired) electrons. The van der Waals surface area contributed by atoms with Crippen LogP contribution in [0.25, 0.3) is 17.3 Å². The lowest BCUT2D eigenvalue weighted by Gasteiger charge is -2.06. The molecule has 0 unspecified atom stereocenters. The normalized spacial score (nSPS) is 11.0. The molecule has 0 bridgehead atoms. The molecule has 6 nitrogen and oxygen atoms in total. The van der Waals surface area contributed by atoms with Gasteiger partial charge in [0.25, 0.3) is 5.91 Å². The van der Waals surface area contributed by atoms with Crippen LogP contribution in [0.2, 0.25) is 5.02 Å². The Labute approximate surface area is 173 Å². The first-order valence-corrected chi connectivity index (χ1v) is 9.30. The zero-order chi connectivity index (χ0) is 20.6. The minimum atomic E-state index is -0.427. The Morgan fingerprint density at radius 3 is 2.62 bits per heavy atom. The zero-order valence-corrected chi connectivity index (χ0v) is 16.5. The zero-order valence-electron chi connectivity index (χ0n) is 15.8. The highest BCUT2D eigenvalue weighted by Crippen LogP contribution is 2.24. The summed E-state index contributed by atoms with van der Waals surface area (Å²) in [7, 11) is 1.61. The van der Waals surface area contributed by atoms with E-state index in [0.717, 1.165) is 16.9 Å². The van der Waals surface area contributed by atoms with E-state index < -0.39 is 5.91 Å². The number of hydrogen-bond acceptors (Lipinski definition) is 4. The smallest absolute Gasteiger partial charge is 0.261 e. The number of carbonyl (C=O) groups excluding carboxylic acids is 1. The number of nitrogens with one attached hydrogen (secondary N) is 2. The monoisotopic (exact) mass is 406 g/mol. The Balaban J connectivity index is 1.67. The Morgan fingerprint density at radius 1 is 1.24 bits per heavy atom. The quantitative estimate of drug-likeness (QED) is 0.458. The molecular formula is C22H19ClN4O2. The van der Waals surface area contributed by atoms with Gasteiger partial charge in [-0.15, -0.1) is 0 Å². The number of hydrogen-bond donors (Lipinski definition) is 2. The maximum atomic E-state index is 12.4. The van der Waals surface area contributed by atoms with Crippen molar-refractivity contribution >= 4 is 23.6 Å². The van der Waals surface area contributed by atoms with Gasteiger partial charge < -0.3 is 10.1 Å². The van der Waals surface area contributed by atoms with Crippen molar-refractivity contribution in [2.45, 2.75) is 6.42 Å². The van der Waals surface area contributed by atoms with Crippen LogP contribution in [0.5, 0.6) is 5.75 Å². The summed E-state index contributed by atoms with van der Waals surface area (Å²) in [6, 6.07) is 16.8. The van der Waals surface area contributed by atoms with Gasteiger partial charge in [-0.1, -0.05) is 35.9 Å². The van der Waals surface area contributed by atoms with Crippen LogP contribution >= 0.6 is 11.6 Å². The summed E-state index contributed by atoms with van der Waals surface area (Å²) in [5.41, 5.74) is 3.29. The predicted octanol–water partition coefficient (Wildman–Crippen LogP) is 4.00. The first-order chi connectivity index (χ1) is 14.1. The molecule has 29 heavy (non-hydrogen) atoms. The van der Waals surface area contributed by atoms with E-state index in [-0.39, 0.29) is 5.57 Å². The van der Waals surface area contributed by atoms with E-state index >= 15 is 0 Å². The van der Waals surface area contributed by atoms with E-state index in [4.69, 9.17) is 16.3 Å². The summed E-state index contributed by atoms with van der Waals surface area (Å²) in [6.07, 6.45) is 3.75. The average molecular weight is 407 g/mol. The summed E-state index contributed by atoms with van der Waals surface area (Å²) in [6.45, 7) is 0.416. The Hall–Kier alpha value is -3.56. The fourth-order valence-corrected chi connectivity index (χ4v) is 2.89.